The molecule has 0 saturated carbocycles. The maximum Gasteiger partial charge on any atom is 0.119 e. The fraction of sp³-hybridized carbons (Fsp3) is 0.333. The van der Waals surface area contributed by atoms with E-state index in [1.165, 1.54) is 0 Å². The monoisotopic (exact) mass is 137 g/mol. The molecule has 0 heterocycles. The molecule has 0 spiro atoms. The zero-order valence-electron chi connectivity index (χ0n) is 7.08. The van der Waals surface area contributed by atoms with Crippen molar-refractivity contribution in [2.75, 3.05) is 6.58 Å². The Morgan fingerprint density at radius 1 is 1.40 bits per heavy atom. The molecule has 0 N–H and O–H groups in total. The van der Waals surface area contributed by atoms with Gasteiger partial charge in [-0.2, -0.15) is 0 Å². The number of hydrogen-bond donors (Lipinski definition) is 0. The van der Waals surface area contributed by atoms with Gasteiger partial charge in [0.25, 0.3) is 0 Å². The van der Waals surface area contributed by atoms with Crippen LogP contribution in [0.15, 0.2) is 30.3 Å². The van der Waals surface area contributed by atoms with Crippen LogP contribution in [-0.2, 0) is 0 Å². The Balaban J connectivity index is 2.51. The molecular formula is C9H12O. The number of rotatable bonds is 3. The van der Waals surface area contributed by atoms with Gasteiger partial charge in [-0.25, -0.2) is 0 Å². The molecule has 1 unspecified atom stereocenters. The van der Waals surface area contributed by atoms with E-state index in [2.05, 4.69) is 0 Å². The predicted octanol–water partition coefficient (Wildman–Crippen LogP) is 2.48. The van der Waals surface area contributed by atoms with Gasteiger partial charge in [-0.1, -0.05) is 25.1 Å². The summed E-state index contributed by atoms with van der Waals surface area (Å²) in [5.41, 5.74) is 0. The highest BCUT2D eigenvalue weighted by atomic mass is 16.5. The maximum absolute atomic E-state index is 7.34. The molecule has 1 heteroatoms. The molecule has 0 aromatic heterocycles. The molecule has 0 bridgehead atoms. The third-order valence-corrected chi connectivity index (χ3v) is 1.13. The molecule has 0 aliphatic heterocycles. The Kier molecular flexibility index (Phi) is 2.27. The highest BCUT2D eigenvalue weighted by Crippen LogP contribution is 2.07. The normalized spacial score (nSPS) is 13.9. The first kappa shape index (κ1) is 5.78. The minimum Gasteiger partial charge on any atom is -0.494 e. The first-order valence-corrected chi connectivity index (χ1v) is 3.47. The molecule has 1 aromatic carbocycles. The SMILES string of the molecule is [2H]C(CC)Oc1ccccc1. The molecule has 10 heavy (non-hydrogen) atoms. The van der Waals surface area contributed by atoms with Gasteiger partial charge in [-0.05, 0) is 18.6 Å². The molecule has 0 fully saturated rings. The van der Waals surface area contributed by atoms with Crippen LogP contribution in [0.25, 0.3) is 0 Å². The standard InChI is InChI=1S/C9H12O/c1-2-8-10-9-6-4-3-5-7-9/h3-7H,2,8H2,1H3/i8D. The molecule has 0 aliphatic rings. The van der Waals surface area contributed by atoms with Crippen molar-refractivity contribution in [1.29, 1.82) is 0 Å². The minimum absolute atomic E-state index is 0.433. The van der Waals surface area contributed by atoms with E-state index >= 15 is 0 Å². The van der Waals surface area contributed by atoms with Crippen molar-refractivity contribution in [3.8, 4) is 5.75 Å². The summed E-state index contributed by atoms with van der Waals surface area (Å²) in [5.74, 6) is 0.773. The van der Waals surface area contributed by atoms with Crippen LogP contribution < -0.4 is 4.74 Å². The second-order valence-corrected chi connectivity index (χ2v) is 2.01. The molecule has 54 valence electrons. The predicted molar refractivity (Wildman–Crippen MR) is 42.2 cm³/mol. The van der Waals surface area contributed by atoms with Crippen molar-refractivity contribution < 1.29 is 6.11 Å². The van der Waals surface area contributed by atoms with Crippen molar-refractivity contribution in [1.82, 2.24) is 0 Å². The van der Waals surface area contributed by atoms with Gasteiger partial charge in [-0.3, -0.25) is 0 Å². The zero-order chi connectivity index (χ0) is 8.10. The first-order chi connectivity index (χ1) is 5.33. The summed E-state index contributed by atoms with van der Waals surface area (Å²) in [7, 11) is 0. The van der Waals surface area contributed by atoms with Crippen molar-refractivity contribution in [3.63, 3.8) is 0 Å². The summed E-state index contributed by atoms with van der Waals surface area (Å²) in [6.07, 6.45) is 0.717. The lowest BCUT2D eigenvalue weighted by molar-refractivity contribution is 0.317. The van der Waals surface area contributed by atoms with Crippen molar-refractivity contribution >= 4 is 0 Å². The Bertz CT molecular complexity index is 198. The summed E-state index contributed by atoms with van der Waals surface area (Å²) < 4.78 is 12.6. The van der Waals surface area contributed by atoms with Gasteiger partial charge in [0.1, 0.15) is 5.75 Å². The minimum atomic E-state index is -0.433. The Hall–Kier alpha value is -0.980. The second kappa shape index (κ2) is 3.94. The van der Waals surface area contributed by atoms with E-state index in [9.17, 15) is 0 Å². The van der Waals surface area contributed by atoms with E-state index in [1.807, 2.05) is 37.3 Å². The molecule has 1 aromatic rings. The number of ether oxygens (including phenoxy) is 1. The topological polar surface area (TPSA) is 9.23 Å². The van der Waals surface area contributed by atoms with E-state index in [1.54, 1.807) is 0 Å². The fourth-order valence-electron chi connectivity index (χ4n) is 0.679. The Morgan fingerprint density at radius 2 is 2.10 bits per heavy atom. The quantitative estimate of drug-likeness (QED) is 0.621. The first-order valence-electron chi connectivity index (χ1n) is 4.04. The summed E-state index contributed by atoms with van der Waals surface area (Å²) >= 11 is 0. The largest absolute Gasteiger partial charge is 0.494 e. The zero-order valence-corrected chi connectivity index (χ0v) is 6.08. The van der Waals surface area contributed by atoms with Gasteiger partial charge in [-0.15, -0.1) is 0 Å². The van der Waals surface area contributed by atoms with Crippen LogP contribution in [0.1, 0.15) is 14.7 Å². The highest BCUT2D eigenvalue weighted by Gasteiger charge is 1.86. The maximum atomic E-state index is 7.34. The van der Waals surface area contributed by atoms with E-state index in [4.69, 9.17) is 6.11 Å². The van der Waals surface area contributed by atoms with E-state index in [0.29, 0.717) is 0 Å². The third kappa shape index (κ3) is 2.09. The summed E-state index contributed by atoms with van der Waals surface area (Å²) in [6.45, 7) is 1.50. The van der Waals surface area contributed by atoms with Crippen molar-refractivity contribution in [2.45, 2.75) is 13.3 Å². The Morgan fingerprint density at radius 3 is 2.70 bits per heavy atom. The van der Waals surface area contributed by atoms with Crippen LogP contribution in [0.3, 0.4) is 0 Å². The van der Waals surface area contributed by atoms with Gasteiger partial charge < -0.3 is 4.74 Å². The van der Waals surface area contributed by atoms with Gasteiger partial charge in [0.2, 0.25) is 0 Å². The lowest BCUT2D eigenvalue weighted by Gasteiger charge is -2.01. The van der Waals surface area contributed by atoms with Gasteiger partial charge in [0.15, 0.2) is 0 Å². The summed E-state index contributed by atoms with van der Waals surface area (Å²) in [6, 6.07) is 9.45. The average molecular weight is 137 g/mol. The average Bonchev–Trinajstić information content (AvgIpc) is 2.06. The molecule has 0 radical (unpaired) electrons. The third-order valence-electron chi connectivity index (χ3n) is 1.13. The van der Waals surface area contributed by atoms with Crippen LogP contribution in [0.4, 0.5) is 0 Å². The van der Waals surface area contributed by atoms with E-state index in [0.717, 1.165) is 12.2 Å². The number of hydrogen-bond acceptors (Lipinski definition) is 1. The lowest BCUT2D eigenvalue weighted by Crippen LogP contribution is -1.93. The molecule has 0 amide bonds. The number of benzene rings is 1. The summed E-state index contributed by atoms with van der Waals surface area (Å²) in [5, 5.41) is 0. The van der Waals surface area contributed by atoms with Crippen LogP contribution in [-0.4, -0.2) is 6.58 Å². The van der Waals surface area contributed by atoms with Crippen molar-refractivity contribution in [3.05, 3.63) is 30.3 Å². The second-order valence-electron chi connectivity index (χ2n) is 2.01. The van der Waals surface area contributed by atoms with E-state index in [-0.39, 0.29) is 0 Å². The van der Waals surface area contributed by atoms with Gasteiger partial charge >= 0.3 is 0 Å². The summed E-state index contributed by atoms with van der Waals surface area (Å²) in [4.78, 5) is 0. The lowest BCUT2D eigenvalue weighted by atomic mass is 10.3. The van der Waals surface area contributed by atoms with Gasteiger partial charge in [0, 0.05) is 0 Å². The fourth-order valence-corrected chi connectivity index (χ4v) is 0.679. The highest BCUT2D eigenvalue weighted by molar-refractivity contribution is 5.20. The van der Waals surface area contributed by atoms with Crippen LogP contribution in [0.2, 0.25) is 0 Å². The molecule has 1 rings (SSSR count). The van der Waals surface area contributed by atoms with Crippen molar-refractivity contribution in [2.24, 2.45) is 0 Å². The van der Waals surface area contributed by atoms with Crippen LogP contribution in [0.5, 0.6) is 5.75 Å². The van der Waals surface area contributed by atoms with Gasteiger partial charge in [0.05, 0.1) is 7.95 Å². The molecular weight excluding hydrogens is 124 g/mol. The Labute approximate surface area is 63.0 Å². The van der Waals surface area contributed by atoms with E-state index < -0.39 is 6.58 Å². The molecule has 0 aliphatic carbocycles. The smallest absolute Gasteiger partial charge is 0.119 e. The van der Waals surface area contributed by atoms with Crippen LogP contribution >= 0.6 is 0 Å². The van der Waals surface area contributed by atoms with Crippen LogP contribution in [0, 0.1) is 0 Å². The molecule has 1 atom stereocenters. The molecule has 0 saturated heterocycles. The molecule has 1 nitrogen and oxygen atoms in total. The number of para-hydroxylation sites is 1.